The Morgan fingerprint density at radius 3 is 2.90 bits per heavy atom. The summed E-state index contributed by atoms with van der Waals surface area (Å²) < 4.78 is 13.8. The largest absolute Gasteiger partial charge is 0.326 e. The molecular formula is C16H15ClFNS. The van der Waals surface area contributed by atoms with Gasteiger partial charge >= 0.3 is 0 Å². The first-order chi connectivity index (χ1) is 9.63. The minimum absolute atomic E-state index is 0.0830. The van der Waals surface area contributed by atoms with E-state index in [1.54, 1.807) is 23.9 Å². The zero-order chi connectivity index (χ0) is 14.1. The number of benzene rings is 2. The average molecular weight is 308 g/mol. The van der Waals surface area contributed by atoms with Gasteiger partial charge in [0, 0.05) is 21.2 Å². The first-order valence-corrected chi connectivity index (χ1v) is 7.83. The summed E-state index contributed by atoms with van der Waals surface area (Å²) in [5, 5.41) is 0.849. The molecule has 1 aliphatic rings. The first-order valence-electron chi connectivity index (χ1n) is 6.57. The van der Waals surface area contributed by atoms with Gasteiger partial charge in [0.15, 0.2) is 0 Å². The lowest BCUT2D eigenvalue weighted by molar-refractivity contribution is 0.575. The highest BCUT2D eigenvalue weighted by molar-refractivity contribution is 8.00. The predicted octanol–water partition coefficient (Wildman–Crippen LogP) is 4.07. The number of halogens is 2. The molecular weight excluding hydrogens is 293 g/mol. The molecule has 0 saturated carbocycles. The molecule has 1 aliphatic heterocycles. The van der Waals surface area contributed by atoms with Crippen LogP contribution >= 0.6 is 23.4 Å². The Hall–Kier alpha value is -1.03. The van der Waals surface area contributed by atoms with Crippen LogP contribution in [-0.2, 0) is 12.8 Å². The molecule has 0 aliphatic carbocycles. The fraction of sp³-hybridized carbons (Fsp3) is 0.250. The highest BCUT2D eigenvalue weighted by atomic mass is 35.5. The van der Waals surface area contributed by atoms with Crippen molar-refractivity contribution in [1.82, 2.24) is 0 Å². The number of rotatable bonds is 3. The minimum Gasteiger partial charge on any atom is -0.326 e. The van der Waals surface area contributed by atoms with Gasteiger partial charge in [0.25, 0.3) is 0 Å². The molecule has 20 heavy (non-hydrogen) atoms. The molecule has 104 valence electrons. The van der Waals surface area contributed by atoms with Crippen LogP contribution in [0.4, 0.5) is 4.39 Å². The molecule has 1 nitrogen and oxygen atoms in total. The summed E-state index contributed by atoms with van der Waals surface area (Å²) in [4.78, 5) is 1.29. The lowest BCUT2D eigenvalue weighted by Gasteiger charge is -2.18. The van der Waals surface area contributed by atoms with Crippen LogP contribution in [-0.4, -0.2) is 11.3 Å². The van der Waals surface area contributed by atoms with E-state index in [2.05, 4.69) is 12.1 Å². The summed E-state index contributed by atoms with van der Waals surface area (Å²) in [6.45, 7) is 0. The number of nitrogens with two attached hydrogens (primary N) is 1. The summed E-state index contributed by atoms with van der Waals surface area (Å²) in [6, 6.07) is 12.9. The van der Waals surface area contributed by atoms with Crippen LogP contribution in [0.15, 0.2) is 47.4 Å². The molecule has 0 fully saturated rings. The van der Waals surface area contributed by atoms with Gasteiger partial charge in [-0.15, -0.1) is 11.8 Å². The lowest BCUT2D eigenvalue weighted by Crippen LogP contribution is -2.34. The van der Waals surface area contributed by atoms with E-state index >= 15 is 0 Å². The second-order valence-electron chi connectivity index (χ2n) is 5.07. The van der Waals surface area contributed by atoms with E-state index < -0.39 is 0 Å². The zero-order valence-corrected chi connectivity index (χ0v) is 12.4. The molecule has 2 atom stereocenters. The van der Waals surface area contributed by atoms with Crippen molar-refractivity contribution in [3.63, 3.8) is 0 Å². The maximum atomic E-state index is 13.8. The van der Waals surface area contributed by atoms with Crippen molar-refractivity contribution in [3.8, 4) is 0 Å². The molecule has 1 heterocycles. The van der Waals surface area contributed by atoms with Crippen molar-refractivity contribution in [3.05, 3.63) is 64.4 Å². The van der Waals surface area contributed by atoms with Gasteiger partial charge in [-0.1, -0.05) is 29.8 Å². The van der Waals surface area contributed by atoms with Crippen LogP contribution in [0.3, 0.4) is 0 Å². The van der Waals surface area contributed by atoms with Gasteiger partial charge in [-0.2, -0.15) is 0 Å². The molecule has 0 aromatic heterocycles. The zero-order valence-electron chi connectivity index (χ0n) is 10.9. The topological polar surface area (TPSA) is 26.0 Å². The molecule has 2 aromatic rings. The molecule has 0 radical (unpaired) electrons. The van der Waals surface area contributed by atoms with Crippen molar-refractivity contribution in [2.24, 2.45) is 5.73 Å². The SMILES string of the molecule is NC(Cc1cc(Cl)ccc1F)C1Cc2ccccc2S1. The van der Waals surface area contributed by atoms with Gasteiger partial charge in [-0.3, -0.25) is 0 Å². The fourth-order valence-electron chi connectivity index (χ4n) is 2.53. The van der Waals surface area contributed by atoms with Crippen molar-refractivity contribution < 1.29 is 4.39 Å². The van der Waals surface area contributed by atoms with Crippen molar-refractivity contribution >= 4 is 23.4 Å². The van der Waals surface area contributed by atoms with E-state index in [1.165, 1.54) is 16.5 Å². The quantitative estimate of drug-likeness (QED) is 0.925. The van der Waals surface area contributed by atoms with Crippen LogP contribution < -0.4 is 5.73 Å². The van der Waals surface area contributed by atoms with E-state index in [-0.39, 0.29) is 11.9 Å². The Kier molecular flexibility index (Phi) is 4.01. The second kappa shape index (κ2) is 5.76. The van der Waals surface area contributed by atoms with E-state index in [4.69, 9.17) is 17.3 Å². The van der Waals surface area contributed by atoms with Crippen molar-refractivity contribution in [1.29, 1.82) is 0 Å². The standard InChI is InChI=1S/C16H15ClFNS/c17-12-5-6-13(18)11(7-12)8-14(19)16-9-10-3-1-2-4-15(10)20-16/h1-7,14,16H,8-9,19H2. The highest BCUT2D eigenvalue weighted by Crippen LogP contribution is 2.38. The Bertz CT molecular complexity index is 607. The lowest BCUT2D eigenvalue weighted by atomic mass is 9.99. The van der Waals surface area contributed by atoms with Gasteiger partial charge in [-0.25, -0.2) is 4.39 Å². The fourth-order valence-corrected chi connectivity index (χ4v) is 4.05. The van der Waals surface area contributed by atoms with Gasteiger partial charge in [-0.05, 0) is 48.2 Å². The third-order valence-electron chi connectivity index (χ3n) is 3.61. The van der Waals surface area contributed by atoms with E-state index in [9.17, 15) is 4.39 Å². The average Bonchev–Trinajstić information content (AvgIpc) is 2.87. The molecule has 0 saturated heterocycles. The van der Waals surface area contributed by atoms with Gasteiger partial charge in [0.05, 0.1) is 0 Å². The predicted molar refractivity (Wildman–Crippen MR) is 82.9 cm³/mol. The number of hydrogen-bond acceptors (Lipinski definition) is 2. The van der Waals surface area contributed by atoms with Crippen molar-refractivity contribution in [2.45, 2.75) is 29.0 Å². The van der Waals surface area contributed by atoms with E-state index in [0.29, 0.717) is 22.3 Å². The number of hydrogen-bond donors (Lipinski definition) is 1. The van der Waals surface area contributed by atoms with Crippen molar-refractivity contribution in [2.75, 3.05) is 0 Å². The Morgan fingerprint density at radius 1 is 1.30 bits per heavy atom. The molecule has 4 heteroatoms. The van der Waals surface area contributed by atoms with Gasteiger partial charge in [0.1, 0.15) is 5.82 Å². The maximum absolute atomic E-state index is 13.8. The van der Waals surface area contributed by atoms with Gasteiger partial charge < -0.3 is 5.73 Å². The third kappa shape index (κ3) is 2.85. The van der Waals surface area contributed by atoms with Crippen LogP contribution in [0.25, 0.3) is 0 Å². The van der Waals surface area contributed by atoms with Crippen LogP contribution in [0, 0.1) is 5.82 Å². The molecule has 2 unspecified atom stereocenters. The molecule has 2 N–H and O–H groups in total. The smallest absolute Gasteiger partial charge is 0.126 e. The summed E-state index contributed by atoms with van der Waals surface area (Å²) in [5.74, 6) is -0.231. The normalized spacial score (nSPS) is 18.9. The van der Waals surface area contributed by atoms with E-state index in [0.717, 1.165) is 6.42 Å². The number of thioether (sulfide) groups is 1. The molecule has 3 rings (SSSR count). The minimum atomic E-state index is -0.231. The molecule has 0 spiro atoms. The summed E-state index contributed by atoms with van der Waals surface area (Å²) in [6.07, 6.45) is 1.46. The molecule has 0 amide bonds. The Balaban J connectivity index is 1.72. The Labute approximate surface area is 127 Å². The Morgan fingerprint density at radius 2 is 2.10 bits per heavy atom. The maximum Gasteiger partial charge on any atom is 0.126 e. The van der Waals surface area contributed by atoms with E-state index in [1.807, 2.05) is 12.1 Å². The van der Waals surface area contributed by atoms with Crippen LogP contribution in [0.5, 0.6) is 0 Å². The first kappa shape index (κ1) is 13.9. The van der Waals surface area contributed by atoms with Gasteiger partial charge in [0.2, 0.25) is 0 Å². The summed E-state index contributed by atoms with van der Waals surface area (Å²) in [7, 11) is 0. The number of fused-ring (bicyclic) bond motifs is 1. The van der Waals surface area contributed by atoms with Crippen LogP contribution in [0.2, 0.25) is 5.02 Å². The summed E-state index contributed by atoms with van der Waals surface area (Å²) >= 11 is 7.71. The molecule has 0 bridgehead atoms. The second-order valence-corrected chi connectivity index (χ2v) is 6.79. The van der Waals surface area contributed by atoms with Crippen LogP contribution in [0.1, 0.15) is 11.1 Å². The monoisotopic (exact) mass is 307 g/mol. The summed E-state index contributed by atoms with van der Waals surface area (Å²) in [5.41, 5.74) is 8.21. The highest BCUT2D eigenvalue weighted by Gasteiger charge is 2.27. The molecule has 2 aromatic carbocycles. The third-order valence-corrected chi connectivity index (χ3v) is 5.32.